The highest BCUT2D eigenvalue weighted by Gasteiger charge is 2.37. The monoisotopic (exact) mass is 264 g/mol. The van der Waals surface area contributed by atoms with Gasteiger partial charge < -0.3 is 11.1 Å². The van der Waals surface area contributed by atoms with Gasteiger partial charge in [0.05, 0.1) is 5.54 Å². The van der Waals surface area contributed by atoms with Crippen molar-refractivity contribution in [2.45, 2.75) is 44.6 Å². The summed E-state index contributed by atoms with van der Waals surface area (Å²) in [5, 5.41) is 7.08. The first-order valence-corrected chi connectivity index (χ1v) is 7.05. The molecule has 19 heavy (non-hydrogen) atoms. The number of aryl methyl sites for hydroxylation is 1. The maximum Gasteiger partial charge on any atom is 0.240 e. The maximum absolute atomic E-state index is 12.2. The fourth-order valence-electron chi connectivity index (χ4n) is 2.92. The Bertz CT molecular complexity index is 442. The third kappa shape index (κ3) is 3.35. The number of carbonyl (C=O) groups is 1. The zero-order chi connectivity index (χ0) is 13.9. The standard InChI is InChI=1S/C14H24N4O/c1-11-4-3-7-14(15,10-11)13(19)16-8-5-12-6-9-17-18(12)2/h6,9,11H,3-5,7-8,10,15H2,1-2H3,(H,16,19). The lowest BCUT2D eigenvalue weighted by molar-refractivity contribution is -0.128. The SMILES string of the molecule is CC1CCCC(N)(C(=O)NCCc2ccnn2C)C1. The molecule has 0 bridgehead atoms. The first kappa shape index (κ1) is 14.1. The topological polar surface area (TPSA) is 72.9 Å². The first-order valence-electron chi connectivity index (χ1n) is 7.05. The van der Waals surface area contributed by atoms with Crippen LogP contribution in [0.5, 0.6) is 0 Å². The average molecular weight is 264 g/mol. The number of rotatable bonds is 4. The zero-order valence-corrected chi connectivity index (χ0v) is 11.9. The molecule has 0 saturated heterocycles. The van der Waals surface area contributed by atoms with E-state index in [1.165, 1.54) is 6.42 Å². The summed E-state index contributed by atoms with van der Waals surface area (Å²) < 4.78 is 1.83. The summed E-state index contributed by atoms with van der Waals surface area (Å²) in [6.45, 7) is 2.79. The number of nitrogens with one attached hydrogen (secondary N) is 1. The molecule has 1 fully saturated rings. The van der Waals surface area contributed by atoms with E-state index in [0.717, 1.165) is 31.4 Å². The van der Waals surface area contributed by atoms with Gasteiger partial charge in [0.25, 0.3) is 0 Å². The summed E-state index contributed by atoms with van der Waals surface area (Å²) in [5.41, 5.74) is 6.70. The highest BCUT2D eigenvalue weighted by Crippen LogP contribution is 2.30. The molecule has 5 heteroatoms. The molecule has 1 amide bonds. The molecule has 2 atom stereocenters. The van der Waals surface area contributed by atoms with Gasteiger partial charge in [-0.05, 0) is 24.8 Å². The van der Waals surface area contributed by atoms with Gasteiger partial charge >= 0.3 is 0 Å². The van der Waals surface area contributed by atoms with Gasteiger partial charge in [0, 0.05) is 31.9 Å². The Morgan fingerprint density at radius 3 is 3.11 bits per heavy atom. The summed E-state index contributed by atoms with van der Waals surface area (Å²) in [5.74, 6) is 0.544. The van der Waals surface area contributed by atoms with Gasteiger partial charge in [-0.2, -0.15) is 5.10 Å². The fourth-order valence-corrected chi connectivity index (χ4v) is 2.92. The van der Waals surface area contributed by atoms with Crippen LogP contribution in [0.25, 0.3) is 0 Å². The van der Waals surface area contributed by atoms with E-state index in [4.69, 9.17) is 5.73 Å². The van der Waals surface area contributed by atoms with Crippen LogP contribution >= 0.6 is 0 Å². The predicted octanol–water partition coefficient (Wildman–Crippen LogP) is 0.986. The van der Waals surface area contributed by atoms with Gasteiger partial charge in [-0.3, -0.25) is 9.48 Å². The number of nitrogens with two attached hydrogens (primary N) is 1. The van der Waals surface area contributed by atoms with Gasteiger partial charge in [0.15, 0.2) is 0 Å². The van der Waals surface area contributed by atoms with Crippen LogP contribution in [-0.4, -0.2) is 27.8 Å². The van der Waals surface area contributed by atoms with E-state index in [9.17, 15) is 4.79 Å². The van der Waals surface area contributed by atoms with E-state index in [-0.39, 0.29) is 5.91 Å². The summed E-state index contributed by atoms with van der Waals surface area (Å²) in [7, 11) is 1.91. The highest BCUT2D eigenvalue weighted by molar-refractivity contribution is 5.86. The molecule has 1 heterocycles. The van der Waals surface area contributed by atoms with Crippen molar-refractivity contribution in [2.75, 3.05) is 6.54 Å². The van der Waals surface area contributed by atoms with Crippen LogP contribution in [0.3, 0.4) is 0 Å². The van der Waals surface area contributed by atoms with Crippen molar-refractivity contribution in [2.24, 2.45) is 18.7 Å². The van der Waals surface area contributed by atoms with Crippen molar-refractivity contribution in [3.63, 3.8) is 0 Å². The number of nitrogens with zero attached hydrogens (tertiary/aromatic N) is 2. The van der Waals surface area contributed by atoms with Crippen LogP contribution in [0.2, 0.25) is 0 Å². The van der Waals surface area contributed by atoms with Crippen LogP contribution < -0.4 is 11.1 Å². The number of hydrogen-bond acceptors (Lipinski definition) is 3. The number of amides is 1. The molecular formula is C14H24N4O. The smallest absolute Gasteiger partial charge is 0.240 e. The van der Waals surface area contributed by atoms with E-state index in [1.807, 2.05) is 17.8 Å². The second-order valence-electron chi connectivity index (χ2n) is 5.81. The van der Waals surface area contributed by atoms with Crippen LogP contribution in [0.4, 0.5) is 0 Å². The molecule has 2 rings (SSSR count). The van der Waals surface area contributed by atoms with Crippen molar-refractivity contribution in [1.29, 1.82) is 0 Å². The molecule has 1 aromatic rings. The van der Waals surface area contributed by atoms with Crippen LogP contribution in [0.1, 0.15) is 38.3 Å². The van der Waals surface area contributed by atoms with Crippen molar-refractivity contribution >= 4 is 5.91 Å². The van der Waals surface area contributed by atoms with E-state index in [1.54, 1.807) is 6.20 Å². The van der Waals surface area contributed by atoms with Gasteiger partial charge in [-0.25, -0.2) is 0 Å². The number of carbonyl (C=O) groups excluding carboxylic acids is 1. The lowest BCUT2D eigenvalue weighted by Crippen LogP contribution is -2.56. The molecule has 1 aliphatic carbocycles. The highest BCUT2D eigenvalue weighted by atomic mass is 16.2. The Kier molecular flexibility index (Phi) is 4.24. The van der Waals surface area contributed by atoms with Crippen molar-refractivity contribution in [3.8, 4) is 0 Å². The molecule has 0 aliphatic heterocycles. The van der Waals surface area contributed by atoms with Gasteiger partial charge in [-0.15, -0.1) is 0 Å². The number of aromatic nitrogens is 2. The molecule has 2 unspecified atom stereocenters. The second kappa shape index (κ2) is 5.74. The first-order chi connectivity index (χ1) is 9.01. The molecule has 3 N–H and O–H groups in total. The van der Waals surface area contributed by atoms with E-state index >= 15 is 0 Å². The predicted molar refractivity (Wildman–Crippen MR) is 74.5 cm³/mol. The minimum atomic E-state index is -0.663. The Morgan fingerprint density at radius 2 is 2.47 bits per heavy atom. The van der Waals surface area contributed by atoms with E-state index < -0.39 is 5.54 Å². The normalized spacial score (nSPS) is 27.2. The fraction of sp³-hybridized carbons (Fsp3) is 0.714. The van der Waals surface area contributed by atoms with Crippen LogP contribution in [0.15, 0.2) is 12.3 Å². The van der Waals surface area contributed by atoms with E-state index in [0.29, 0.717) is 12.5 Å². The third-order valence-electron chi connectivity index (χ3n) is 4.07. The zero-order valence-electron chi connectivity index (χ0n) is 11.9. The largest absolute Gasteiger partial charge is 0.354 e. The Labute approximate surface area is 114 Å². The van der Waals surface area contributed by atoms with Crippen LogP contribution in [0, 0.1) is 5.92 Å². The molecule has 5 nitrogen and oxygen atoms in total. The third-order valence-corrected chi connectivity index (χ3v) is 4.07. The Morgan fingerprint density at radius 1 is 1.68 bits per heavy atom. The molecular weight excluding hydrogens is 240 g/mol. The minimum absolute atomic E-state index is 0.00113. The van der Waals surface area contributed by atoms with Crippen LogP contribution in [-0.2, 0) is 18.3 Å². The number of hydrogen-bond donors (Lipinski definition) is 2. The molecule has 1 aromatic heterocycles. The average Bonchev–Trinajstić information content (AvgIpc) is 2.75. The quantitative estimate of drug-likeness (QED) is 0.851. The Hall–Kier alpha value is -1.36. The molecule has 0 radical (unpaired) electrons. The van der Waals surface area contributed by atoms with Gasteiger partial charge in [0.1, 0.15) is 0 Å². The van der Waals surface area contributed by atoms with Gasteiger partial charge in [0.2, 0.25) is 5.91 Å². The van der Waals surface area contributed by atoms with Crippen molar-refractivity contribution in [1.82, 2.24) is 15.1 Å². The van der Waals surface area contributed by atoms with Gasteiger partial charge in [-0.1, -0.05) is 19.8 Å². The lowest BCUT2D eigenvalue weighted by atomic mass is 9.76. The maximum atomic E-state index is 12.2. The Balaban J connectivity index is 1.82. The molecule has 0 spiro atoms. The summed E-state index contributed by atoms with van der Waals surface area (Å²) in [4.78, 5) is 12.2. The summed E-state index contributed by atoms with van der Waals surface area (Å²) in [6.07, 6.45) is 6.38. The second-order valence-corrected chi connectivity index (χ2v) is 5.81. The summed E-state index contributed by atoms with van der Waals surface area (Å²) >= 11 is 0. The summed E-state index contributed by atoms with van der Waals surface area (Å²) in [6, 6.07) is 1.97. The molecule has 106 valence electrons. The molecule has 0 aromatic carbocycles. The lowest BCUT2D eigenvalue weighted by Gasteiger charge is -2.35. The minimum Gasteiger partial charge on any atom is -0.354 e. The van der Waals surface area contributed by atoms with E-state index in [2.05, 4.69) is 17.3 Å². The molecule has 1 saturated carbocycles. The van der Waals surface area contributed by atoms with Crippen molar-refractivity contribution in [3.05, 3.63) is 18.0 Å². The van der Waals surface area contributed by atoms with Crippen molar-refractivity contribution < 1.29 is 4.79 Å². The molecule has 1 aliphatic rings.